The smallest absolute Gasteiger partial charge is 0.282 e. The fourth-order valence-corrected chi connectivity index (χ4v) is 4.74. The number of para-hydroxylation sites is 1. The molecule has 0 N–H and O–H groups in total. The van der Waals surface area contributed by atoms with Gasteiger partial charge >= 0.3 is 0 Å². The summed E-state index contributed by atoms with van der Waals surface area (Å²) in [6.07, 6.45) is 1.83. The number of nitrogens with zero attached hydrogens (tertiary/aromatic N) is 2. The van der Waals surface area contributed by atoms with Crippen LogP contribution in [-0.2, 0) is 16.0 Å². The lowest BCUT2D eigenvalue weighted by Gasteiger charge is -2.32. The van der Waals surface area contributed by atoms with Gasteiger partial charge in [0, 0.05) is 17.3 Å². The molecule has 3 aromatic rings. The van der Waals surface area contributed by atoms with E-state index in [2.05, 4.69) is 6.07 Å². The largest absolute Gasteiger partial charge is 0.495 e. The second kappa shape index (κ2) is 8.41. The van der Waals surface area contributed by atoms with Gasteiger partial charge in [-0.25, -0.2) is 4.90 Å². The van der Waals surface area contributed by atoms with Crippen LogP contribution < -0.4 is 14.5 Å². The first-order valence-corrected chi connectivity index (χ1v) is 11.3. The number of ether oxygens (including phenoxy) is 1. The summed E-state index contributed by atoms with van der Waals surface area (Å²) in [4.78, 5) is 31.0. The van der Waals surface area contributed by atoms with Crippen LogP contribution in [0.25, 0.3) is 5.57 Å². The van der Waals surface area contributed by atoms with E-state index in [-0.39, 0.29) is 11.8 Å². The molecule has 2 aliphatic heterocycles. The van der Waals surface area contributed by atoms with Crippen molar-refractivity contribution in [3.8, 4) is 5.75 Å². The van der Waals surface area contributed by atoms with Gasteiger partial charge in [0.25, 0.3) is 11.8 Å². The summed E-state index contributed by atoms with van der Waals surface area (Å²) in [7, 11) is 1.51. The highest BCUT2D eigenvalue weighted by atomic mass is 35.5. The quantitative estimate of drug-likeness (QED) is 0.491. The second-order valence-corrected chi connectivity index (χ2v) is 8.67. The predicted octanol–water partition coefficient (Wildman–Crippen LogP) is 5.39. The van der Waals surface area contributed by atoms with Crippen LogP contribution in [0.1, 0.15) is 23.1 Å². The molecule has 0 unspecified atom stereocenters. The van der Waals surface area contributed by atoms with Crippen LogP contribution in [0.5, 0.6) is 5.75 Å². The van der Waals surface area contributed by atoms with E-state index >= 15 is 0 Å². The van der Waals surface area contributed by atoms with Gasteiger partial charge in [0.05, 0.1) is 18.4 Å². The van der Waals surface area contributed by atoms with Crippen molar-refractivity contribution in [2.75, 3.05) is 23.5 Å². The molecule has 0 atom stereocenters. The number of imide groups is 1. The molecule has 5 rings (SSSR count). The molecule has 33 heavy (non-hydrogen) atoms. The maximum absolute atomic E-state index is 14.0. The molecule has 0 spiro atoms. The molecule has 0 saturated carbocycles. The summed E-state index contributed by atoms with van der Waals surface area (Å²) in [5.41, 5.74) is 5.03. The fraction of sp³-hybridized carbons (Fsp3) is 0.185. The van der Waals surface area contributed by atoms with E-state index in [9.17, 15) is 9.59 Å². The van der Waals surface area contributed by atoms with Gasteiger partial charge in [0.2, 0.25) is 0 Å². The van der Waals surface area contributed by atoms with Crippen molar-refractivity contribution in [1.82, 2.24) is 0 Å². The number of hydrogen-bond donors (Lipinski definition) is 0. The average molecular weight is 459 g/mol. The Bertz CT molecular complexity index is 1300. The van der Waals surface area contributed by atoms with Crippen LogP contribution in [0.4, 0.5) is 11.4 Å². The summed E-state index contributed by atoms with van der Waals surface area (Å²) in [5, 5.41) is 0.417. The Hall–Kier alpha value is -3.57. The zero-order valence-corrected chi connectivity index (χ0v) is 19.2. The Morgan fingerprint density at radius 2 is 1.67 bits per heavy atom. The SMILES string of the molecule is COc1ccc(Cl)cc1N1C(=O)C(c2ccc(C)cc2)=C(N2CCCc3ccccc32)C1=O. The maximum Gasteiger partial charge on any atom is 0.282 e. The second-order valence-electron chi connectivity index (χ2n) is 8.24. The number of anilines is 2. The van der Waals surface area contributed by atoms with E-state index in [1.165, 1.54) is 17.6 Å². The molecule has 0 bridgehead atoms. The zero-order valence-electron chi connectivity index (χ0n) is 18.5. The molecule has 0 aliphatic carbocycles. The lowest BCUT2D eigenvalue weighted by atomic mass is 9.98. The number of amides is 2. The monoisotopic (exact) mass is 458 g/mol. The molecule has 3 aromatic carbocycles. The van der Waals surface area contributed by atoms with E-state index in [1.807, 2.05) is 54.3 Å². The van der Waals surface area contributed by atoms with Gasteiger partial charge < -0.3 is 9.64 Å². The summed E-state index contributed by atoms with van der Waals surface area (Å²) in [5.74, 6) is -0.361. The molecular formula is C27H23ClN2O3. The first kappa shape index (κ1) is 21.3. The first-order chi connectivity index (χ1) is 16.0. The van der Waals surface area contributed by atoms with Crippen LogP contribution in [0, 0.1) is 6.92 Å². The van der Waals surface area contributed by atoms with Gasteiger partial charge in [-0.3, -0.25) is 9.59 Å². The van der Waals surface area contributed by atoms with Gasteiger partial charge in [-0.1, -0.05) is 59.6 Å². The Morgan fingerprint density at radius 1 is 0.909 bits per heavy atom. The first-order valence-electron chi connectivity index (χ1n) is 10.9. The molecule has 6 heteroatoms. The Labute approximate surface area is 197 Å². The summed E-state index contributed by atoms with van der Waals surface area (Å²) in [6.45, 7) is 2.64. The Morgan fingerprint density at radius 3 is 2.42 bits per heavy atom. The summed E-state index contributed by atoms with van der Waals surface area (Å²) in [6, 6.07) is 20.7. The van der Waals surface area contributed by atoms with Crippen LogP contribution in [0.2, 0.25) is 5.02 Å². The predicted molar refractivity (Wildman–Crippen MR) is 131 cm³/mol. The number of methoxy groups -OCH3 is 1. The maximum atomic E-state index is 14.0. The highest BCUT2D eigenvalue weighted by molar-refractivity contribution is 6.47. The van der Waals surface area contributed by atoms with Crippen molar-refractivity contribution >= 4 is 40.4 Å². The Kier molecular flexibility index (Phi) is 5.43. The van der Waals surface area contributed by atoms with E-state index in [0.717, 1.165) is 24.1 Å². The van der Waals surface area contributed by atoms with Gasteiger partial charge in [-0.2, -0.15) is 0 Å². The van der Waals surface area contributed by atoms with Gasteiger partial charge in [-0.15, -0.1) is 0 Å². The van der Waals surface area contributed by atoms with Crippen molar-refractivity contribution in [2.24, 2.45) is 0 Å². The topological polar surface area (TPSA) is 49.9 Å². The van der Waals surface area contributed by atoms with Crippen LogP contribution in [0.3, 0.4) is 0 Å². The van der Waals surface area contributed by atoms with E-state index < -0.39 is 0 Å². The van der Waals surface area contributed by atoms with Crippen molar-refractivity contribution in [2.45, 2.75) is 19.8 Å². The molecule has 0 fully saturated rings. The van der Waals surface area contributed by atoms with Crippen molar-refractivity contribution in [1.29, 1.82) is 0 Å². The number of halogens is 1. The molecule has 2 aliphatic rings. The number of aryl methyl sites for hydroxylation is 2. The summed E-state index contributed by atoms with van der Waals surface area (Å²) < 4.78 is 5.47. The minimum atomic E-state index is -0.387. The molecule has 2 heterocycles. The lowest BCUT2D eigenvalue weighted by Crippen LogP contribution is -2.37. The number of fused-ring (bicyclic) bond motifs is 1. The van der Waals surface area contributed by atoms with E-state index in [4.69, 9.17) is 16.3 Å². The number of carbonyl (C=O) groups excluding carboxylic acids is 2. The standard InChI is InChI=1S/C27H23ClN2O3/c1-17-9-11-19(12-10-17)24-25(29-15-5-7-18-6-3-4-8-21(18)29)27(32)30(26(24)31)22-16-20(28)13-14-23(22)33-2/h3-4,6,8-14,16H,5,7,15H2,1-2H3. The third-order valence-electron chi connectivity index (χ3n) is 6.16. The van der Waals surface area contributed by atoms with Crippen LogP contribution in [-0.4, -0.2) is 25.5 Å². The molecule has 2 amide bonds. The number of hydrogen-bond acceptors (Lipinski definition) is 4. The zero-order chi connectivity index (χ0) is 23.1. The van der Waals surface area contributed by atoms with Gasteiger partial charge in [-0.05, 0) is 55.2 Å². The molecule has 166 valence electrons. The lowest BCUT2D eigenvalue weighted by molar-refractivity contribution is -0.120. The minimum Gasteiger partial charge on any atom is -0.495 e. The third-order valence-corrected chi connectivity index (χ3v) is 6.40. The highest BCUT2D eigenvalue weighted by Gasteiger charge is 2.44. The number of carbonyl (C=O) groups is 2. The molecular weight excluding hydrogens is 436 g/mol. The molecule has 0 radical (unpaired) electrons. The van der Waals surface area contributed by atoms with E-state index in [0.29, 0.717) is 39.8 Å². The average Bonchev–Trinajstić information content (AvgIpc) is 3.08. The van der Waals surface area contributed by atoms with Crippen LogP contribution in [0.15, 0.2) is 72.4 Å². The normalized spacial score (nSPS) is 15.8. The van der Waals surface area contributed by atoms with Crippen molar-refractivity contribution < 1.29 is 14.3 Å². The minimum absolute atomic E-state index is 0.338. The summed E-state index contributed by atoms with van der Waals surface area (Å²) >= 11 is 6.24. The Balaban J connectivity index is 1.72. The highest BCUT2D eigenvalue weighted by Crippen LogP contribution is 2.42. The van der Waals surface area contributed by atoms with Crippen molar-refractivity contribution in [3.05, 3.63) is 94.1 Å². The third kappa shape index (κ3) is 3.58. The molecule has 5 nitrogen and oxygen atoms in total. The fourth-order valence-electron chi connectivity index (χ4n) is 4.57. The van der Waals surface area contributed by atoms with E-state index in [1.54, 1.807) is 18.2 Å². The molecule has 0 aromatic heterocycles. The van der Waals surface area contributed by atoms with Gasteiger partial charge in [0.15, 0.2) is 0 Å². The van der Waals surface area contributed by atoms with Crippen LogP contribution >= 0.6 is 11.6 Å². The number of rotatable bonds is 4. The van der Waals surface area contributed by atoms with Crippen molar-refractivity contribution in [3.63, 3.8) is 0 Å². The van der Waals surface area contributed by atoms with Gasteiger partial charge in [0.1, 0.15) is 11.4 Å². The molecule has 0 saturated heterocycles. The number of benzene rings is 3.